The van der Waals surface area contributed by atoms with E-state index in [0.29, 0.717) is 13.1 Å². The predicted molar refractivity (Wildman–Crippen MR) is 131 cm³/mol. The second kappa shape index (κ2) is 10.8. The molecule has 1 N–H and O–H groups in total. The standard InChI is InChI=1S/C23H26Cl2N2O5S/c1-5-26(6-2)9-10-27-18(15-8-7-11-33-15)16(20(29)23(27)30)19(28)13-12-14(24)22(32-4)17(25)21(13)31-3/h7-8,11-12,18,28H,5-6,9-10H2,1-4H3/b19-16-. The average molecular weight is 513 g/mol. The topological polar surface area (TPSA) is 79.3 Å². The Morgan fingerprint density at radius 3 is 2.39 bits per heavy atom. The van der Waals surface area contributed by atoms with Crippen LogP contribution >= 0.6 is 34.5 Å². The second-order valence-electron chi connectivity index (χ2n) is 7.32. The van der Waals surface area contributed by atoms with Crippen molar-refractivity contribution in [1.29, 1.82) is 0 Å². The smallest absolute Gasteiger partial charge is 0.295 e. The van der Waals surface area contributed by atoms with Crippen LogP contribution in [0.25, 0.3) is 5.76 Å². The van der Waals surface area contributed by atoms with Crippen molar-refractivity contribution in [3.05, 3.63) is 49.6 Å². The summed E-state index contributed by atoms with van der Waals surface area (Å²) >= 11 is 14.1. The number of carbonyl (C=O) groups is 2. The van der Waals surface area contributed by atoms with E-state index in [0.717, 1.165) is 18.0 Å². The molecule has 1 aliphatic rings. The highest BCUT2D eigenvalue weighted by atomic mass is 35.5. The van der Waals surface area contributed by atoms with E-state index in [-0.39, 0.29) is 32.7 Å². The molecule has 0 aliphatic carbocycles. The van der Waals surface area contributed by atoms with Gasteiger partial charge in [-0.15, -0.1) is 11.3 Å². The van der Waals surface area contributed by atoms with E-state index in [1.165, 1.54) is 36.5 Å². The van der Waals surface area contributed by atoms with Crippen LogP contribution in [-0.4, -0.2) is 67.0 Å². The first-order valence-corrected chi connectivity index (χ1v) is 12.1. The van der Waals surface area contributed by atoms with Gasteiger partial charge >= 0.3 is 0 Å². The van der Waals surface area contributed by atoms with Gasteiger partial charge in [0.15, 0.2) is 11.5 Å². The number of halogens is 2. The van der Waals surface area contributed by atoms with Crippen LogP contribution in [0.5, 0.6) is 11.5 Å². The van der Waals surface area contributed by atoms with Gasteiger partial charge in [0.25, 0.3) is 11.7 Å². The monoisotopic (exact) mass is 512 g/mol. The fourth-order valence-corrected chi connectivity index (χ4v) is 5.47. The molecule has 10 heteroatoms. The minimum atomic E-state index is -0.768. The van der Waals surface area contributed by atoms with Gasteiger partial charge in [-0.2, -0.15) is 0 Å². The van der Waals surface area contributed by atoms with E-state index in [4.69, 9.17) is 32.7 Å². The van der Waals surface area contributed by atoms with Crippen molar-refractivity contribution in [2.75, 3.05) is 40.4 Å². The van der Waals surface area contributed by atoms with Gasteiger partial charge in [-0.1, -0.05) is 43.1 Å². The molecule has 3 rings (SSSR count). The lowest BCUT2D eigenvalue weighted by molar-refractivity contribution is -0.140. The first-order chi connectivity index (χ1) is 15.8. The maximum Gasteiger partial charge on any atom is 0.295 e. The Morgan fingerprint density at radius 2 is 1.85 bits per heavy atom. The van der Waals surface area contributed by atoms with Gasteiger partial charge in [-0.05, 0) is 30.6 Å². The summed E-state index contributed by atoms with van der Waals surface area (Å²) in [6.07, 6.45) is 0. The number of ketones is 1. The van der Waals surface area contributed by atoms with Crippen LogP contribution in [0, 0.1) is 0 Å². The molecule has 2 aromatic rings. The number of likely N-dealkylation sites (N-methyl/N-ethyl adjacent to an activating group) is 1. The number of ether oxygens (including phenoxy) is 2. The number of hydrogen-bond acceptors (Lipinski definition) is 7. The number of hydrogen-bond donors (Lipinski definition) is 1. The molecule has 1 atom stereocenters. The number of aliphatic hydroxyl groups excluding tert-OH is 1. The summed E-state index contributed by atoms with van der Waals surface area (Å²) < 4.78 is 10.6. The van der Waals surface area contributed by atoms with Crippen LogP contribution in [0.15, 0.2) is 29.2 Å². The van der Waals surface area contributed by atoms with Crippen molar-refractivity contribution in [3.63, 3.8) is 0 Å². The van der Waals surface area contributed by atoms with Gasteiger partial charge in [-0.3, -0.25) is 9.59 Å². The third-order valence-corrected chi connectivity index (χ3v) is 7.25. The summed E-state index contributed by atoms with van der Waals surface area (Å²) in [4.78, 5) is 30.7. The number of amides is 1. The van der Waals surface area contributed by atoms with E-state index in [1.807, 2.05) is 31.4 Å². The molecule has 2 heterocycles. The maximum absolute atomic E-state index is 13.2. The highest BCUT2D eigenvalue weighted by Crippen LogP contribution is 2.47. The Kier molecular flexibility index (Phi) is 8.28. The number of likely N-dealkylation sites (tertiary alicyclic amines) is 1. The highest BCUT2D eigenvalue weighted by Gasteiger charge is 2.46. The summed E-state index contributed by atoms with van der Waals surface area (Å²) in [5.41, 5.74) is 0.0780. The molecule has 1 saturated heterocycles. The van der Waals surface area contributed by atoms with E-state index < -0.39 is 23.5 Å². The second-order valence-corrected chi connectivity index (χ2v) is 9.09. The number of benzene rings is 1. The molecule has 0 radical (unpaired) electrons. The molecule has 178 valence electrons. The van der Waals surface area contributed by atoms with Crippen molar-refractivity contribution in [3.8, 4) is 11.5 Å². The van der Waals surface area contributed by atoms with Gasteiger partial charge in [0.05, 0.1) is 36.4 Å². The Hall–Kier alpha value is -2.26. The van der Waals surface area contributed by atoms with Crippen LogP contribution in [0.1, 0.15) is 30.3 Å². The molecule has 0 bridgehead atoms. The third-order valence-electron chi connectivity index (χ3n) is 5.70. The number of thiophene rings is 1. The SMILES string of the molecule is CCN(CC)CCN1C(=O)C(=O)/C(=C(\O)c2cc(Cl)c(OC)c(Cl)c2OC)C1c1cccs1. The minimum Gasteiger partial charge on any atom is -0.507 e. The zero-order valence-electron chi connectivity index (χ0n) is 18.9. The summed E-state index contributed by atoms with van der Waals surface area (Å²) in [6, 6.07) is 4.36. The van der Waals surface area contributed by atoms with Crippen LogP contribution in [0.2, 0.25) is 10.0 Å². The highest BCUT2D eigenvalue weighted by molar-refractivity contribution is 7.10. The Labute approximate surface area is 207 Å². The molecular weight excluding hydrogens is 487 g/mol. The molecule has 1 aromatic carbocycles. The minimum absolute atomic E-state index is 0.0300. The molecule has 0 saturated carbocycles. The first-order valence-electron chi connectivity index (χ1n) is 10.4. The number of nitrogens with zero attached hydrogens (tertiary/aromatic N) is 2. The maximum atomic E-state index is 13.2. The Bertz CT molecular complexity index is 1070. The molecule has 7 nitrogen and oxygen atoms in total. The van der Waals surface area contributed by atoms with Gasteiger partial charge in [0, 0.05) is 18.0 Å². The summed E-state index contributed by atoms with van der Waals surface area (Å²) in [5, 5.41) is 13.4. The van der Waals surface area contributed by atoms with Gasteiger partial charge < -0.3 is 24.4 Å². The number of aliphatic hydroxyl groups is 1. The predicted octanol–water partition coefficient (Wildman–Crippen LogP) is 4.84. The van der Waals surface area contributed by atoms with Crippen LogP contribution < -0.4 is 9.47 Å². The molecule has 1 fully saturated rings. The van der Waals surface area contributed by atoms with Gasteiger partial charge in [-0.25, -0.2) is 0 Å². The average Bonchev–Trinajstić information content (AvgIpc) is 3.41. The molecule has 33 heavy (non-hydrogen) atoms. The van der Waals surface area contributed by atoms with Crippen molar-refractivity contribution in [2.24, 2.45) is 0 Å². The molecule has 1 aliphatic heterocycles. The molecule has 0 spiro atoms. The lowest BCUT2D eigenvalue weighted by Gasteiger charge is -2.27. The van der Waals surface area contributed by atoms with Crippen molar-refractivity contribution in [1.82, 2.24) is 9.80 Å². The largest absolute Gasteiger partial charge is 0.507 e. The van der Waals surface area contributed by atoms with E-state index in [9.17, 15) is 14.7 Å². The fraction of sp³-hybridized carbons (Fsp3) is 0.391. The third kappa shape index (κ3) is 4.71. The zero-order chi connectivity index (χ0) is 24.3. The summed E-state index contributed by atoms with van der Waals surface area (Å²) in [7, 11) is 2.79. The van der Waals surface area contributed by atoms with Crippen molar-refractivity contribution in [2.45, 2.75) is 19.9 Å². The normalized spacial score (nSPS) is 17.8. The quantitative estimate of drug-likeness (QED) is 0.294. The fourth-order valence-electron chi connectivity index (χ4n) is 3.93. The molecule has 1 unspecified atom stereocenters. The Morgan fingerprint density at radius 1 is 1.18 bits per heavy atom. The summed E-state index contributed by atoms with van der Waals surface area (Å²) in [6.45, 7) is 6.67. The van der Waals surface area contributed by atoms with Crippen LogP contribution in [0.4, 0.5) is 0 Å². The number of Topliss-reactive ketones (excluding diaryl/α,β-unsaturated/α-hetero) is 1. The van der Waals surface area contributed by atoms with Crippen molar-refractivity contribution >= 4 is 52.0 Å². The summed E-state index contributed by atoms with van der Waals surface area (Å²) in [5.74, 6) is -1.56. The number of carbonyl (C=O) groups excluding carboxylic acids is 2. The van der Waals surface area contributed by atoms with Crippen molar-refractivity contribution < 1.29 is 24.2 Å². The van der Waals surface area contributed by atoms with Crippen LogP contribution in [0.3, 0.4) is 0 Å². The molecule has 1 aromatic heterocycles. The van der Waals surface area contributed by atoms with E-state index in [1.54, 1.807) is 0 Å². The number of rotatable bonds is 9. The zero-order valence-corrected chi connectivity index (χ0v) is 21.2. The van der Waals surface area contributed by atoms with E-state index >= 15 is 0 Å². The first kappa shape index (κ1) is 25.4. The lowest BCUT2D eigenvalue weighted by atomic mass is 9.99. The Balaban J connectivity index is 2.17. The van der Waals surface area contributed by atoms with Gasteiger partial charge in [0.1, 0.15) is 10.8 Å². The molecule has 1 amide bonds. The van der Waals surface area contributed by atoms with E-state index in [2.05, 4.69) is 4.90 Å². The van der Waals surface area contributed by atoms with Crippen LogP contribution in [-0.2, 0) is 9.59 Å². The van der Waals surface area contributed by atoms with Gasteiger partial charge in [0.2, 0.25) is 0 Å². The molecular formula is C23H26Cl2N2O5S. The number of methoxy groups -OCH3 is 2. The lowest BCUT2D eigenvalue weighted by Crippen LogP contribution is -2.37.